The SMILES string of the molecule is Cc1cccc(C)c1OCC(=O)NNC(=O)CCCCC(=O)NNC(=O)COc1c(C)cccc1C. The van der Waals surface area contributed by atoms with Gasteiger partial charge in [-0.05, 0) is 62.8 Å². The number of nitrogens with one attached hydrogen (secondary N) is 4. The maximum Gasteiger partial charge on any atom is 0.276 e. The Bertz CT molecular complexity index is 960. The molecule has 4 amide bonds. The number of hydrogen-bond acceptors (Lipinski definition) is 6. The number of carbonyl (C=O) groups is 4. The molecule has 10 nitrogen and oxygen atoms in total. The smallest absolute Gasteiger partial charge is 0.276 e. The molecule has 10 heteroatoms. The first-order valence-corrected chi connectivity index (χ1v) is 11.7. The number of amides is 4. The van der Waals surface area contributed by atoms with Gasteiger partial charge in [-0.1, -0.05) is 36.4 Å². The lowest BCUT2D eigenvalue weighted by Gasteiger charge is -2.12. The monoisotopic (exact) mass is 498 g/mol. The fourth-order valence-corrected chi connectivity index (χ4v) is 3.38. The van der Waals surface area contributed by atoms with E-state index in [2.05, 4.69) is 21.7 Å². The van der Waals surface area contributed by atoms with E-state index in [4.69, 9.17) is 9.47 Å². The highest BCUT2D eigenvalue weighted by atomic mass is 16.5. The number of hydrazine groups is 2. The number of hydrogen-bond donors (Lipinski definition) is 4. The van der Waals surface area contributed by atoms with Crippen LogP contribution in [-0.4, -0.2) is 36.8 Å². The Kier molecular flexibility index (Phi) is 11.2. The van der Waals surface area contributed by atoms with Crippen molar-refractivity contribution in [2.45, 2.75) is 53.4 Å². The van der Waals surface area contributed by atoms with Crippen molar-refractivity contribution >= 4 is 23.6 Å². The third kappa shape index (κ3) is 9.65. The summed E-state index contributed by atoms with van der Waals surface area (Å²) in [5.74, 6) is -0.448. The summed E-state index contributed by atoms with van der Waals surface area (Å²) in [6, 6.07) is 11.4. The molecule has 4 N–H and O–H groups in total. The average molecular weight is 499 g/mol. The molecule has 0 aliphatic carbocycles. The van der Waals surface area contributed by atoms with E-state index in [-0.39, 0.29) is 37.9 Å². The van der Waals surface area contributed by atoms with Gasteiger partial charge in [0.15, 0.2) is 13.2 Å². The molecule has 0 radical (unpaired) electrons. The summed E-state index contributed by atoms with van der Waals surface area (Å²) in [5.41, 5.74) is 12.9. The van der Waals surface area contributed by atoms with Crippen LogP contribution in [0.1, 0.15) is 47.9 Å². The standard InChI is InChI=1S/C26H34N4O6/c1-17-9-7-10-18(2)25(17)35-15-23(33)29-27-21(31)13-5-6-14-22(32)28-30-24(34)16-36-26-19(3)11-8-12-20(26)4/h7-12H,5-6,13-16H2,1-4H3,(H,27,31)(H,28,32)(H,29,33)(H,30,34). The molecule has 0 unspecified atom stereocenters. The van der Waals surface area contributed by atoms with Gasteiger partial charge >= 0.3 is 0 Å². The number of aryl methyl sites for hydroxylation is 4. The van der Waals surface area contributed by atoms with Gasteiger partial charge < -0.3 is 9.47 Å². The quantitative estimate of drug-likeness (QED) is 0.277. The normalized spacial score (nSPS) is 10.2. The Morgan fingerprint density at radius 3 is 1.19 bits per heavy atom. The Morgan fingerprint density at radius 1 is 0.556 bits per heavy atom. The summed E-state index contributed by atoms with van der Waals surface area (Å²) in [5, 5.41) is 0. The van der Waals surface area contributed by atoms with Crippen LogP contribution in [-0.2, 0) is 19.2 Å². The van der Waals surface area contributed by atoms with E-state index in [0.29, 0.717) is 24.3 Å². The minimum Gasteiger partial charge on any atom is -0.483 e. The second-order valence-electron chi connectivity index (χ2n) is 8.42. The number of rotatable bonds is 11. The number of ether oxygens (including phenoxy) is 2. The predicted octanol–water partition coefficient (Wildman–Crippen LogP) is 2.23. The van der Waals surface area contributed by atoms with Crippen LogP contribution in [0.3, 0.4) is 0 Å². The van der Waals surface area contributed by atoms with E-state index in [1.807, 2.05) is 64.1 Å². The molecule has 36 heavy (non-hydrogen) atoms. The molecule has 0 heterocycles. The molecule has 0 saturated carbocycles. The highest BCUT2D eigenvalue weighted by Crippen LogP contribution is 2.22. The molecule has 0 aromatic heterocycles. The molecule has 0 bridgehead atoms. The van der Waals surface area contributed by atoms with Gasteiger partial charge in [-0.3, -0.25) is 40.9 Å². The van der Waals surface area contributed by atoms with Crippen molar-refractivity contribution in [1.82, 2.24) is 21.7 Å². The van der Waals surface area contributed by atoms with Crippen LogP contribution in [0.2, 0.25) is 0 Å². The Labute approximate surface area is 211 Å². The molecule has 2 aromatic carbocycles. The van der Waals surface area contributed by atoms with Crippen molar-refractivity contribution in [3.8, 4) is 11.5 Å². The Balaban J connectivity index is 1.54. The zero-order chi connectivity index (χ0) is 26.5. The Morgan fingerprint density at radius 2 is 0.861 bits per heavy atom. The first kappa shape index (κ1) is 28.2. The molecule has 0 fully saturated rings. The molecule has 0 aliphatic rings. The minimum atomic E-state index is -0.484. The number of unbranched alkanes of at least 4 members (excludes halogenated alkanes) is 1. The molecule has 194 valence electrons. The number of carbonyl (C=O) groups excluding carboxylic acids is 4. The van der Waals surface area contributed by atoms with Gasteiger partial charge in [-0.25, -0.2) is 0 Å². The van der Waals surface area contributed by atoms with Gasteiger partial charge in [-0.15, -0.1) is 0 Å². The van der Waals surface area contributed by atoms with E-state index in [9.17, 15) is 19.2 Å². The first-order valence-electron chi connectivity index (χ1n) is 11.7. The molecule has 2 rings (SSSR count). The summed E-state index contributed by atoms with van der Waals surface area (Å²) >= 11 is 0. The summed E-state index contributed by atoms with van der Waals surface area (Å²) in [4.78, 5) is 47.6. The topological polar surface area (TPSA) is 135 Å². The van der Waals surface area contributed by atoms with Crippen LogP contribution in [0.15, 0.2) is 36.4 Å². The summed E-state index contributed by atoms with van der Waals surface area (Å²) in [7, 11) is 0. The molecule has 0 spiro atoms. The molecule has 2 aromatic rings. The number of benzene rings is 2. The Hall–Kier alpha value is -4.08. The van der Waals surface area contributed by atoms with Crippen molar-refractivity contribution < 1.29 is 28.7 Å². The zero-order valence-corrected chi connectivity index (χ0v) is 21.2. The lowest BCUT2D eigenvalue weighted by molar-refractivity contribution is -0.130. The average Bonchev–Trinajstić information content (AvgIpc) is 2.83. The van der Waals surface area contributed by atoms with E-state index in [0.717, 1.165) is 22.3 Å². The van der Waals surface area contributed by atoms with Gasteiger partial charge in [0.1, 0.15) is 11.5 Å². The lowest BCUT2D eigenvalue weighted by Crippen LogP contribution is -2.44. The van der Waals surface area contributed by atoms with Gasteiger partial charge in [0.25, 0.3) is 11.8 Å². The van der Waals surface area contributed by atoms with Crippen molar-refractivity contribution in [2.75, 3.05) is 13.2 Å². The molecule has 0 aliphatic heterocycles. The predicted molar refractivity (Wildman–Crippen MR) is 134 cm³/mol. The van der Waals surface area contributed by atoms with Crippen LogP contribution < -0.4 is 31.2 Å². The van der Waals surface area contributed by atoms with Crippen molar-refractivity contribution in [3.05, 3.63) is 58.7 Å². The third-order valence-corrected chi connectivity index (χ3v) is 5.25. The third-order valence-electron chi connectivity index (χ3n) is 5.25. The largest absolute Gasteiger partial charge is 0.483 e. The summed E-state index contributed by atoms with van der Waals surface area (Å²) < 4.78 is 11.1. The van der Waals surface area contributed by atoms with Crippen LogP contribution in [0, 0.1) is 27.7 Å². The van der Waals surface area contributed by atoms with Crippen LogP contribution in [0.5, 0.6) is 11.5 Å². The van der Waals surface area contributed by atoms with Gasteiger partial charge in [0.2, 0.25) is 11.8 Å². The molecule has 0 atom stereocenters. The molecule has 0 saturated heterocycles. The van der Waals surface area contributed by atoms with Gasteiger partial charge in [-0.2, -0.15) is 0 Å². The summed E-state index contributed by atoms with van der Waals surface area (Å²) in [6.45, 7) is 7.09. The van der Waals surface area contributed by atoms with Crippen molar-refractivity contribution in [3.63, 3.8) is 0 Å². The molecular weight excluding hydrogens is 464 g/mol. The second-order valence-corrected chi connectivity index (χ2v) is 8.42. The highest BCUT2D eigenvalue weighted by Gasteiger charge is 2.10. The summed E-state index contributed by atoms with van der Waals surface area (Å²) in [6.07, 6.45) is 1.11. The van der Waals surface area contributed by atoms with Crippen LogP contribution >= 0.6 is 0 Å². The van der Waals surface area contributed by atoms with E-state index < -0.39 is 11.8 Å². The van der Waals surface area contributed by atoms with E-state index in [1.54, 1.807) is 0 Å². The van der Waals surface area contributed by atoms with Crippen molar-refractivity contribution in [1.29, 1.82) is 0 Å². The first-order chi connectivity index (χ1) is 17.2. The van der Waals surface area contributed by atoms with Crippen LogP contribution in [0.25, 0.3) is 0 Å². The highest BCUT2D eigenvalue weighted by molar-refractivity contribution is 5.83. The maximum atomic E-state index is 11.9. The zero-order valence-electron chi connectivity index (χ0n) is 21.2. The van der Waals surface area contributed by atoms with E-state index >= 15 is 0 Å². The fourth-order valence-electron chi connectivity index (χ4n) is 3.38. The maximum absolute atomic E-state index is 11.9. The minimum absolute atomic E-state index is 0.126. The lowest BCUT2D eigenvalue weighted by atomic mass is 10.1. The fraction of sp³-hybridized carbons (Fsp3) is 0.385. The number of para-hydroxylation sites is 2. The molecular formula is C26H34N4O6. The van der Waals surface area contributed by atoms with Gasteiger partial charge in [0.05, 0.1) is 0 Å². The second kappa shape index (κ2) is 14.3. The van der Waals surface area contributed by atoms with Gasteiger partial charge in [0, 0.05) is 12.8 Å². The van der Waals surface area contributed by atoms with Crippen LogP contribution in [0.4, 0.5) is 0 Å². The van der Waals surface area contributed by atoms with E-state index in [1.165, 1.54) is 0 Å². The van der Waals surface area contributed by atoms with Crippen molar-refractivity contribution in [2.24, 2.45) is 0 Å².